The SMILES string of the molecule is CN=C(NCc1ccc(C(=O)N2CCNC(=O)C2)cc1)NCC1(c2ccccc2)CCC1. The molecule has 0 spiro atoms. The van der Waals surface area contributed by atoms with E-state index < -0.39 is 0 Å². The monoisotopic (exact) mass is 433 g/mol. The van der Waals surface area contributed by atoms with Crippen LogP contribution in [0.25, 0.3) is 0 Å². The van der Waals surface area contributed by atoms with Crippen molar-refractivity contribution in [3.8, 4) is 0 Å². The Hall–Kier alpha value is -3.35. The van der Waals surface area contributed by atoms with E-state index >= 15 is 0 Å². The van der Waals surface area contributed by atoms with Crippen LogP contribution in [-0.2, 0) is 16.8 Å². The molecule has 4 rings (SSSR count). The summed E-state index contributed by atoms with van der Waals surface area (Å²) in [6.45, 7) is 2.63. The molecular weight excluding hydrogens is 402 g/mol. The Kier molecular flexibility index (Phi) is 6.73. The predicted octanol–water partition coefficient (Wildman–Crippen LogP) is 2.05. The summed E-state index contributed by atoms with van der Waals surface area (Å²) in [5.74, 6) is 0.551. The molecule has 1 aliphatic carbocycles. The van der Waals surface area contributed by atoms with Crippen molar-refractivity contribution in [1.29, 1.82) is 0 Å². The summed E-state index contributed by atoms with van der Waals surface area (Å²) in [6.07, 6.45) is 3.64. The van der Waals surface area contributed by atoms with Crippen LogP contribution in [0, 0.1) is 0 Å². The molecule has 32 heavy (non-hydrogen) atoms. The van der Waals surface area contributed by atoms with E-state index in [2.05, 4.69) is 51.3 Å². The molecule has 0 atom stereocenters. The molecule has 7 nitrogen and oxygen atoms in total. The fourth-order valence-electron chi connectivity index (χ4n) is 4.38. The van der Waals surface area contributed by atoms with Crippen molar-refractivity contribution in [2.75, 3.05) is 33.2 Å². The fourth-order valence-corrected chi connectivity index (χ4v) is 4.38. The van der Waals surface area contributed by atoms with Crippen molar-refractivity contribution in [2.45, 2.75) is 31.2 Å². The van der Waals surface area contributed by atoms with E-state index in [1.165, 1.54) is 24.8 Å². The lowest BCUT2D eigenvalue weighted by molar-refractivity contribution is -0.123. The van der Waals surface area contributed by atoms with Gasteiger partial charge in [-0.15, -0.1) is 0 Å². The largest absolute Gasteiger partial charge is 0.356 e. The third-order valence-electron chi connectivity index (χ3n) is 6.50. The van der Waals surface area contributed by atoms with E-state index in [4.69, 9.17) is 0 Å². The van der Waals surface area contributed by atoms with Gasteiger partial charge in [-0.05, 0) is 36.1 Å². The first-order valence-electron chi connectivity index (χ1n) is 11.2. The molecule has 0 unspecified atom stereocenters. The van der Waals surface area contributed by atoms with Gasteiger partial charge in [-0.3, -0.25) is 14.6 Å². The lowest BCUT2D eigenvalue weighted by Gasteiger charge is -2.43. The summed E-state index contributed by atoms with van der Waals surface area (Å²) in [7, 11) is 1.78. The van der Waals surface area contributed by atoms with E-state index in [0.29, 0.717) is 25.2 Å². The van der Waals surface area contributed by atoms with Crippen LogP contribution in [0.3, 0.4) is 0 Å². The Morgan fingerprint density at radius 1 is 1.09 bits per heavy atom. The molecule has 2 aliphatic rings. The van der Waals surface area contributed by atoms with Gasteiger partial charge in [0, 0.05) is 44.2 Å². The van der Waals surface area contributed by atoms with Crippen molar-refractivity contribution in [3.05, 3.63) is 71.3 Å². The maximum atomic E-state index is 12.6. The highest BCUT2D eigenvalue weighted by Crippen LogP contribution is 2.43. The van der Waals surface area contributed by atoms with Crippen molar-refractivity contribution < 1.29 is 9.59 Å². The highest BCUT2D eigenvalue weighted by atomic mass is 16.2. The number of rotatable bonds is 6. The molecule has 2 fully saturated rings. The van der Waals surface area contributed by atoms with Gasteiger partial charge in [0.05, 0.1) is 6.54 Å². The number of guanidine groups is 1. The van der Waals surface area contributed by atoms with E-state index in [1.54, 1.807) is 11.9 Å². The molecule has 3 N–H and O–H groups in total. The van der Waals surface area contributed by atoms with Gasteiger partial charge >= 0.3 is 0 Å². The molecule has 2 aromatic carbocycles. The first-order valence-corrected chi connectivity index (χ1v) is 11.2. The number of carbonyl (C=O) groups is 2. The first kappa shape index (κ1) is 21.9. The second-order valence-electron chi connectivity index (χ2n) is 8.55. The minimum atomic E-state index is -0.111. The van der Waals surface area contributed by atoms with Crippen LogP contribution in [0.5, 0.6) is 0 Å². The molecule has 2 amide bonds. The zero-order chi connectivity index (χ0) is 22.4. The number of nitrogens with one attached hydrogen (secondary N) is 3. The van der Waals surface area contributed by atoms with Gasteiger partial charge in [0.25, 0.3) is 5.91 Å². The molecule has 168 valence electrons. The lowest BCUT2D eigenvalue weighted by atomic mass is 9.64. The van der Waals surface area contributed by atoms with Crippen LogP contribution in [0.2, 0.25) is 0 Å². The van der Waals surface area contributed by atoms with Gasteiger partial charge in [0.2, 0.25) is 5.91 Å². The van der Waals surface area contributed by atoms with Gasteiger partial charge in [0.15, 0.2) is 5.96 Å². The molecule has 7 heteroatoms. The Morgan fingerprint density at radius 3 is 2.47 bits per heavy atom. The van der Waals surface area contributed by atoms with Crippen LogP contribution in [0.4, 0.5) is 0 Å². The van der Waals surface area contributed by atoms with Gasteiger partial charge in [-0.25, -0.2) is 0 Å². The van der Waals surface area contributed by atoms with E-state index in [0.717, 1.165) is 18.1 Å². The Bertz CT molecular complexity index is 968. The van der Waals surface area contributed by atoms with Gasteiger partial charge in [-0.1, -0.05) is 48.9 Å². The average Bonchev–Trinajstić information content (AvgIpc) is 2.81. The smallest absolute Gasteiger partial charge is 0.254 e. The van der Waals surface area contributed by atoms with Crippen molar-refractivity contribution in [3.63, 3.8) is 0 Å². The number of hydrogen-bond donors (Lipinski definition) is 3. The van der Waals surface area contributed by atoms with Crippen LogP contribution in [0.15, 0.2) is 59.6 Å². The third-order valence-corrected chi connectivity index (χ3v) is 6.50. The molecule has 2 aromatic rings. The number of amides is 2. The number of piperazine rings is 1. The van der Waals surface area contributed by atoms with Gasteiger partial charge < -0.3 is 20.9 Å². The van der Waals surface area contributed by atoms with Crippen molar-refractivity contribution >= 4 is 17.8 Å². The van der Waals surface area contributed by atoms with Crippen molar-refractivity contribution in [1.82, 2.24) is 20.9 Å². The van der Waals surface area contributed by atoms with E-state index in [-0.39, 0.29) is 23.8 Å². The minimum absolute atomic E-state index is 0.108. The zero-order valence-electron chi connectivity index (χ0n) is 18.6. The minimum Gasteiger partial charge on any atom is -0.356 e. The summed E-state index contributed by atoms with van der Waals surface area (Å²) in [5, 5.41) is 9.60. The quantitative estimate of drug-likeness (QED) is 0.481. The normalized spacial score (nSPS) is 17.8. The van der Waals surface area contributed by atoms with Crippen LogP contribution >= 0.6 is 0 Å². The van der Waals surface area contributed by atoms with Gasteiger partial charge in [0.1, 0.15) is 0 Å². The Morgan fingerprint density at radius 2 is 1.84 bits per heavy atom. The second kappa shape index (κ2) is 9.85. The zero-order valence-corrected chi connectivity index (χ0v) is 18.6. The van der Waals surface area contributed by atoms with Gasteiger partial charge in [-0.2, -0.15) is 0 Å². The summed E-state index contributed by atoms with van der Waals surface area (Å²) in [5.41, 5.74) is 3.23. The number of aliphatic imine (C=N–C) groups is 1. The van der Waals surface area contributed by atoms with Crippen molar-refractivity contribution in [2.24, 2.45) is 4.99 Å². The molecular formula is C25H31N5O2. The number of nitrogens with zero attached hydrogens (tertiary/aromatic N) is 2. The molecule has 1 saturated heterocycles. The maximum absolute atomic E-state index is 12.6. The average molecular weight is 434 g/mol. The highest BCUT2D eigenvalue weighted by Gasteiger charge is 2.38. The predicted molar refractivity (Wildman–Crippen MR) is 126 cm³/mol. The molecule has 0 bridgehead atoms. The molecule has 1 heterocycles. The summed E-state index contributed by atoms with van der Waals surface area (Å²) in [4.78, 5) is 30.1. The van der Waals surface area contributed by atoms with E-state index in [9.17, 15) is 9.59 Å². The summed E-state index contributed by atoms with van der Waals surface area (Å²) < 4.78 is 0. The van der Waals surface area contributed by atoms with E-state index in [1.807, 2.05) is 24.3 Å². The third kappa shape index (κ3) is 4.93. The number of hydrogen-bond acceptors (Lipinski definition) is 3. The second-order valence-corrected chi connectivity index (χ2v) is 8.55. The number of carbonyl (C=O) groups excluding carboxylic acids is 2. The summed E-state index contributed by atoms with van der Waals surface area (Å²) >= 11 is 0. The molecule has 0 aromatic heterocycles. The standard InChI is InChI=1S/C25H31N5O2/c1-26-24(29-18-25(12-5-13-25)21-6-3-2-4-7-21)28-16-19-8-10-20(11-9-19)23(32)30-15-14-27-22(31)17-30/h2-4,6-11H,5,12-18H2,1H3,(H,27,31)(H2,26,28,29). The Balaban J connectivity index is 1.29. The maximum Gasteiger partial charge on any atom is 0.254 e. The van der Waals surface area contributed by atoms with Crippen LogP contribution in [0.1, 0.15) is 40.7 Å². The Labute approximate surface area is 189 Å². The van der Waals surface area contributed by atoms with Crippen LogP contribution in [-0.4, -0.2) is 55.9 Å². The molecule has 1 aliphatic heterocycles. The molecule has 0 radical (unpaired) electrons. The van der Waals surface area contributed by atoms with Crippen LogP contribution < -0.4 is 16.0 Å². The number of benzene rings is 2. The fraction of sp³-hybridized carbons (Fsp3) is 0.400. The topological polar surface area (TPSA) is 85.8 Å². The highest BCUT2D eigenvalue weighted by molar-refractivity contribution is 5.97. The lowest BCUT2D eigenvalue weighted by Crippen LogP contribution is -2.49. The first-order chi connectivity index (χ1) is 15.6. The summed E-state index contributed by atoms with van der Waals surface area (Å²) in [6, 6.07) is 18.2. The molecule has 1 saturated carbocycles.